The molecule has 1 aromatic heterocycles. The molecule has 0 radical (unpaired) electrons. The van der Waals surface area contributed by atoms with Crippen molar-refractivity contribution < 1.29 is 8.42 Å². The maximum absolute atomic E-state index is 12.3. The van der Waals surface area contributed by atoms with Crippen molar-refractivity contribution in [3.05, 3.63) is 15.8 Å². The lowest BCUT2D eigenvalue weighted by Crippen LogP contribution is -2.31. The molecule has 6 heteroatoms. The summed E-state index contributed by atoms with van der Waals surface area (Å²) in [4.78, 5) is 1.13. The lowest BCUT2D eigenvalue weighted by atomic mass is 10.3. The van der Waals surface area contributed by atoms with Crippen molar-refractivity contribution in [2.45, 2.75) is 31.5 Å². The summed E-state index contributed by atoms with van der Waals surface area (Å²) >= 11 is 7.17. The highest BCUT2D eigenvalue weighted by Crippen LogP contribution is 2.30. The molecule has 0 aliphatic heterocycles. The number of aryl methyl sites for hydroxylation is 1. The predicted octanol–water partition coefficient (Wildman–Crippen LogP) is 2.83. The number of alkyl halides is 1. The van der Waals surface area contributed by atoms with Crippen LogP contribution in [-0.2, 0) is 15.9 Å². The smallest absolute Gasteiger partial charge is 0.207 e. The van der Waals surface area contributed by atoms with Gasteiger partial charge in [-0.15, -0.1) is 22.9 Å². The lowest BCUT2D eigenvalue weighted by molar-refractivity contribution is 0.444. The monoisotopic (exact) mass is 281 g/mol. The van der Waals surface area contributed by atoms with Gasteiger partial charge in [0.1, 0.15) is 4.90 Å². The standard InChI is InChI=1S/C10H16ClNO2S2/c1-4-12(5-2)16(13,14)10-8(3)7-15-9(10)6-11/h7H,4-6H2,1-3H3. The van der Waals surface area contributed by atoms with Crippen molar-refractivity contribution in [2.24, 2.45) is 0 Å². The van der Waals surface area contributed by atoms with Gasteiger partial charge in [-0.2, -0.15) is 4.31 Å². The van der Waals surface area contributed by atoms with Crippen LogP contribution in [-0.4, -0.2) is 25.8 Å². The fraction of sp³-hybridized carbons (Fsp3) is 0.600. The molecule has 0 spiro atoms. The number of hydrogen-bond donors (Lipinski definition) is 0. The second kappa shape index (κ2) is 5.49. The molecule has 1 heterocycles. The van der Waals surface area contributed by atoms with E-state index < -0.39 is 10.0 Å². The van der Waals surface area contributed by atoms with Gasteiger partial charge in [0.2, 0.25) is 10.0 Å². The average Bonchev–Trinajstić information content (AvgIpc) is 2.61. The summed E-state index contributed by atoms with van der Waals surface area (Å²) in [5.41, 5.74) is 0.785. The predicted molar refractivity (Wildman–Crippen MR) is 68.7 cm³/mol. The van der Waals surface area contributed by atoms with E-state index in [0.29, 0.717) is 18.0 Å². The third-order valence-corrected chi connectivity index (χ3v) is 6.35. The molecule has 92 valence electrons. The van der Waals surface area contributed by atoms with Gasteiger partial charge in [0.25, 0.3) is 0 Å². The molecule has 0 amide bonds. The van der Waals surface area contributed by atoms with E-state index in [-0.39, 0.29) is 5.88 Å². The van der Waals surface area contributed by atoms with E-state index in [1.807, 2.05) is 26.2 Å². The minimum atomic E-state index is -3.37. The SMILES string of the molecule is CCN(CC)S(=O)(=O)c1c(C)csc1CCl. The fourth-order valence-electron chi connectivity index (χ4n) is 1.62. The lowest BCUT2D eigenvalue weighted by Gasteiger charge is -2.19. The van der Waals surface area contributed by atoms with Gasteiger partial charge >= 0.3 is 0 Å². The minimum absolute atomic E-state index is 0.244. The van der Waals surface area contributed by atoms with Crippen LogP contribution >= 0.6 is 22.9 Å². The zero-order valence-corrected chi connectivity index (χ0v) is 12.0. The summed E-state index contributed by atoms with van der Waals surface area (Å²) in [6.45, 7) is 6.45. The van der Waals surface area contributed by atoms with Gasteiger partial charge in [0.15, 0.2) is 0 Å². The van der Waals surface area contributed by atoms with Gasteiger partial charge in [-0.1, -0.05) is 13.8 Å². The third kappa shape index (κ3) is 2.42. The molecule has 0 aromatic carbocycles. The van der Waals surface area contributed by atoms with Crippen LogP contribution in [0.25, 0.3) is 0 Å². The van der Waals surface area contributed by atoms with Gasteiger partial charge in [0, 0.05) is 18.0 Å². The van der Waals surface area contributed by atoms with Gasteiger partial charge in [0.05, 0.1) is 5.88 Å². The number of hydrogen-bond acceptors (Lipinski definition) is 3. The molecule has 0 atom stereocenters. The minimum Gasteiger partial charge on any atom is -0.207 e. The number of nitrogens with zero attached hydrogens (tertiary/aromatic N) is 1. The van der Waals surface area contributed by atoms with E-state index in [4.69, 9.17) is 11.6 Å². The molecule has 16 heavy (non-hydrogen) atoms. The van der Waals surface area contributed by atoms with Crippen molar-refractivity contribution in [1.29, 1.82) is 0 Å². The molecule has 0 N–H and O–H groups in total. The molecular formula is C10H16ClNO2S2. The summed E-state index contributed by atoms with van der Waals surface area (Å²) in [6.07, 6.45) is 0. The Bertz CT molecular complexity index is 449. The first-order valence-corrected chi connectivity index (χ1v) is 7.97. The third-order valence-electron chi connectivity index (χ3n) is 2.41. The number of halogens is 1. The number of sulfonamides is 1. The second-order valence-electron chi connectivity index (χ2n) is 3.39. The van der Waals surface area contributed by atoms with E-state index in [2.05, 4.69) is 0 Å². The molecule has 0 aliphatic carbocycles. The van der Waals surface area contributed by atoms with Crippen LogP contribution in [0.5, 0.6) is 0 Å². The van der Waals surface area contributed by atoms with Gasteiger partial charge in [-0.25, -0.2) is 8.42 Å². The first kappa shape index (κ1) is 14.0. The molecule has 1 aromatic rings. The van der Waals surface area contributed by atoms with Crippen molar-refractivity contribution >= 4 is 33.0 Å². The van der Waals surface area contributed by atoms with Gasteiger partial charge < -0.3 is 0 Å². The molecule has 0 bridgehead atoms. The maximum atomic E-state index is 12.3. The Balaban J connectivity index is 3.31. The average molecular weight is 282 g/mol. The Labute approximate surface area is 106 Å². The van der Waals surface area contributed by atoms with E-state index in [9.17, 15) is 8.42 Å². The van der Waals surface area contributed by atoms with Crippen LogP contribution in [0.4, 0.5) is 0 Å². The summed E-state index contributed by atoms with van der Waals surface area (Å²) < 4.78 is 26.1. The topological polar surface area (TPSA) is 37.4 Å². The molecule has 0 saturated heterocycles. The van der Waals surface area contributed by atoms with Crippen molar-refractivity contribution in [1.82, 2.24) is 4.31 Å². The summed E-state index contributed by atoms with van der Waals surface area (Å²) in [5, 5.41) is 1.84. The van der Waals surface area contributed by atoms with Crippen molar-refractivity contribution in [3.8, 4) is 0 Å². The molecule has 0 saturated carbocycles. The molecule has 0 unspecified atom stereocenters. The fourth-order valence-corrected chi connectivity index (χ4v) is 5.09. The normalized spacial score (nSPS) is 12.3. The summed E-state index contributed by atoms with van der Waals surface area (Å²) in [5.74, 6) is 0.244. The van der Waals surface area contributed by atoms with Crippen LogP contribution in [0.1, 0.15) is 24.3 Å². The van der Waals surface area contributed by atoms with E-state index in [0.717, 1.165) is 10.4 Å². The zero-order valence-electron chi connectivity index (χ0n) is 9.66. The van der Waals surface area contributed by atoms with E-state index in [1.54, 1.807) is 0 Å². The Morgan fingerprint density at radius 1 is 1.38 bits per heavy atom. The maximum Gasteiger partial charge on any atom is 0.244 e. The molecule has 1 rings (SSSR count). The highest BCUT2D eigenvalue weighted by atomic mass is 35.5. The van der Waals surface area contributed by atoms with Gasteiger partial charge in [-0.3, -0.25) is 0 Å². The molecular weight excluding hydrogens is 266 g/mol. The first-order chi connectivity index (χ1) is 7.48. The largest absolute Gasteiger partial charge is 0.244 e. The zero-order chi connectivity index (χ0) is 12.3. The van der Waals surface area contributed by atoms with Gasteiger partial charge in [-0.05, 0) is 17.9 Å². The molecule has 0 fully saturated rings. The van der Waals surface area contributed by atoms with Crippen molar-refractivity contribution in [3.63, 3.8) is 0 Å². The van der Waals surface area contributed by atoms with Crippen LogP contribution < -0.4 is 0 Å². The molecule has 0 aliphatic rings. The highest BCUT2D eigenvalue weighted by molar-refractivity contribution is 7.89. The Morgan fingerprint density at radius 3 is 2.38 bits per heavy atom. The van der Waals surface area contributed by atoms with Crippen LogP contribution in [0.2, 0.25) is 0 Å². The quantitative estimate of drug-likeness (QED) is 0.779. The van der Waals surface area contributed by atoms with Crippen LogP contribution in [0.3, 0.4) is 0 Å². The summed E-state index contributed by atoms with van der Waals surface area (Å²) in [7, 11) is -3.37. The summed E-state index contributed by atoms with van der Waals surface area (Å²) in [6, 6.07) is 0. The van der Waals surface area contributed by atoms with Crippen LogP contribution in [0, 0.1) is 6.92 Å². The van der Waals surface area contributed by atoms with Crippen LogP contribution in [0.15, 0.2) is 10.3 Å². The Morgan fingerprint density at radius 2 is 1.94 bits per heavy atom. The van der Waals surface area contributed by atoms with E-state index >= 15 is 0 Å². The van der Waals surface area contributed by atoms with Crippen molar-refractivity contribution in [2.75, 3.05) is 13.1 Å². The first-order valence-electron chi connectivity index (χ1n) is 5.12. The number of rotatable bonds is 5. The Kier molecular flexibility index (Phi) is 4.79. The Hall–Kier alpha value is -0.100. The second-order valence-corrected chi connectivity index (χ2v) is 6.50. The highest BCUT2D eigenvalue weighted by Gasteiger charge is 2.27. The number of thiophene rings is 1. The van der Waals surface area contributed by atoms with E-state index in [1.165, 1.54) is 15.6 Å². The molecule has 3 nitrogen and oxygen atoms in total.